The Morgan fingerprint density at radius 1 is 1.29 bits per heavy atom. The van der Waals surface area contributed by atoms with E-state index in [1.807, 2.05) is 25.6 Å². The number of aryl methyl sites for hydroxylation is 2. The Labute approximate surface area is 126 Å². The lowest BCUT2D eigenvalue weighted by Crippen LogP contribution is -2.52. The van der Waals surface area contributed by atoms with Crippen LogP contribution in [0.4, 0.5) is 0 Å². The Hall–Kier alpha value is -1.36. The fourth-order valence-electron chi connectivity index (χ4n) is 4.00. The molecular formula is C16H26N4O. The van der Waals surface area contributed by atoms with Crippen molar-refractivity contribution in [2.75, 3.05) is 26.2 Å². The zero-order chi connectivity index (χ0) is 15.0. The van der Waals surface area contributed by atoms with Crippen LogP contribution in [0.1, 0.15) is 47.4 Å². The first-order valence-corrected chi connectivity index (χ1v) is 8.03. The van der Waals surface area contributed by atoms with Crippen LogP contribution in [-0.2, 0) is 7.05 Å². The molecule has 1 unspecified atom stereocenters. The summed E-state index contributed by atoms with van der Waals surface area (Å²) in [5, 5.41) is 7.90. The normalized spacial score (nSPS) is 26.3. The molecule has 116 valence electrons. The first-order chi connectivity index (χ1) is 10.0. The number of piperidine rings is 2. The van der Waals surface area contributed by atoms with Gasteiger partial charge in [0.05, 0.1) is 11.3 Å². The monoisotopic (exact) mass is 290 g/mol. The van der Waals surface area contributed by atoms with Crippen LogP contribution in [0, 0.1) is 19.3 Å². The Kier molecular flexibility index (Phi) is 3.78. The summed E-state index contributed by atoms with van der Waals surface area (Å²) in [5.41, 5.74) is 2.93. The van der Waals surface area contributed by atoms with E-state index in [0.29, 0.717) is 5.41 Å². The summed E-state index contributed by atoms with van der Waals surface area (Å²) in [5.74, 6) is 0.169. The second kappa shape index (κ2) is 5.44. The van der Waals surface area contributed by atoms with Crippen molar-refractivity contribution in [2.45, 2.75) is 39.5 Å². The van der Waals surface area contributed by atoms with Gasteiger partial charge in [0.1, 0.15) is 0 Å². The molecule has 5 nitrogen and oxygen atoms in total. The van der Waals surface area contributed by atoms with Gasteiger partial charge in [0.25, 0.3) is 5.91 Å². The summed E-state index contributed by atoms with van der Waals surface area (Å²) in [7, 11) is 1.90. The SMILES string of the molecule is Cc1nn(C)c(C)c1C(=O)N1CCCC2(CCCNC2)C1. The predicted octanol–water partition coefficient (Wildman–Crippen LogP) is 1.64. The smallest absolute Gasteiger partial charge is 0.257 e. The molecule has 0 bridgehead atoms. The third-order valence-corrected chi connectivity index (χ3v) is 5.23. The standard InChI is InChI=1S/C16H26N4O/c1-12-14(13(2)19(3)18-12)15(21)20-9-5-7-16(11-20)6-4-8-17-10-16/h17H,4-11H2,1-3H3. The Morgan fingerprint density at radius 2 is 2.05 bits per heavy atom. The van der Waals surface area contributed by atoms with Gasteiger partial charge in [-0.3, -0.25) is 9.48 Å². The third-order valence-electron chi connectivity index (χ3n) is 5.23. The highest BCUT2D eigenvalue weighted by Gasteiger charge is 2.38. The van der Waals surface area contributed by atoms with Gasteiger partial charge in [0.2, 0.25) is 0 Å². The second-order valence-electron chi connectivity index (χ2n) is 6.78. The number of nitrogens with zero attached hydrogens (tertiary/aromatic N) is 3. The van der Waals surface area contributed by atoms with E-state index >= 15 is 0 Å². The van der Waals surface area contributed by atoms with E-state index in [1.54, 1.807) is 0 Å². The average Bonchev–Trinajstić information content (AvgIpc) is 2.72. The van der Waals surface area contributed by atoms with Crippen molar-refractivity contribution in [1.29, 1.82) is 0 Å². The van der Waals surface area contributed by atoms with E-state index in [-0.39, 0.29) is 5.91 Å². The molecule has 5 heteroatoms. The molecular weight excluding hydrogens is 264 g/mol. The second-order valence-corrected chi connectivity index (χ2v) is 6.78. The predicted molar refractivity (Wildman–Crippen MR) is 82.4 cm³/mol. The van der Waals surface area contributed by atoms with Gasteiger partial charge in [-0.2, -0.15) is 5.10 Å². The number of amides is 1. The van der Waals surface area contributed by atoms with E-state index < -0.39 is 0 Å². The number of hydrogen-bond donors (Lipinski definition) is 1. The summed E-state index contributed by atoms with van der Waals surface area (Å²) in [4.78, 5) is 15.0. The number of carbonyl (C=O) groups excluding carboxylic acids is 1. The van der Waals surface area contributed by atoms with E-state index in [4.69, 9.17) is 0 Å². The van der Waals surface area contributed by atoms with Crippen LogP contribution in [0.2, 0.25) is 0 Å². The molecule has 1 amide bonds. The molecule has 0 radical (unpaired) electrons. The van der Waals surface area contributed by atoms with Crippen molar-refractivity contribution in [3.63, 3.8) is 0 Å². The molecule has 1 aromatic rings. The average molecular weight is 290 g/mol. The Bertz CT molecular complexity index is 537. The van der Waals surface area contributed by atoms with E-state index in [1.165, 1.54) is 19.3 Å². The van der Waals surface area contributed by atoms with Crippen LogP contribution in [0.3, 0.4) is 0 Å². The van der Waals surface area contributed by atoms with E-state index in [2.05, 4.69) is 15.3 Å². The van der Waals surface area contributed by atoms with E-state index in [9.17, 15) is 4.79 Å². The number of nitrogens with one attached hydrogen (secondary N) is 1. The lowest BCUT2D eigenvalue weighted by Gasteiger charge is -2.45. The first-order valence-electron chi connectivity index (χ1n) is 8.03. The highest BCUT2D eigenvalue weighted by Crippen LogP contribution is 2.36. The van der Waals surface area contributed by atoms with Crippen molar-refractivity contribution in [3.05, 3.63) is 17.0 Å². The van der Waals surface area contributed by atoms with Crippen molar-refractivity contribution in [1.82, 2.24) is 20.0 Å². The molecule has 1 spiro atoms. The highest BCUT2D eigenvalue weighted by molar-refractivity contribution is 5.96. The van der Waals surface area contributed by atoms with Crippen LogP contribution in [0.25, 0.3) is 0 Å². The van der Waals surface area contributed by atoms with Crippen LogP contribution >= 0.6 is 0 Å². The fourth-order valence-corrected chi connectivity index (χ4v) is 4.00. The zero-order valence-corrected chi connectivity index (χ0v) is 13.4. The summed E-state index contributed by atoms with van der Waals surface area (Å²) in [6.07, 6.45) is 4.84. The van der Waals surface area contributed by atoms with Crippen LogP contribution in [0.15, 0.2) is 0 Å². The molecule has 0 saturated carbocycles. The topological polar surface area (TPSA) is 50.2 Å². The molecule has 3 heterocycles. The molecule has 2 aliphatic rings. The van der Waals surface area contributed by atoms with Gasteiger partial charge in [-0.25, -0.2) is 0 Å². The van der Waals surface area contributed by atoms with Crippen molar-refractivity contribution in [2.24, 2.45) is 12.5 Å². The van der Waals surface area contributed by atoms with Crippen molar-refractivity contribution < 1.29 is 4.79 Å². The number of hydrogen-bond acceptors (Lipinski definition) is 3. The summed E-state index contributed by atoms with van der Waals surface area (Å²) < 4.78 is 1.81. The molecule has 21 heavy (non-hydrogen) atoms. The number of carbonyl (C=O) groups is 1. The van der Waals surface area contributed by atoms with Gasteiger partial charge < -0.3 is 10.2 Å². The van der Waals surface area contributed by atoms with Crippen LogP contribution < -0.4 is 5.32 Å². The van der Waals surface area contributed by atoms with Gasteiger partial charge in [0.15, 0.2) is 0 Å². The quantitative estimate of drug-likeness (QED) is 0.855. The molecule has 0 aliphatic carbocycles. The lowest BCUT2D eigenvalue weighted by atomic mass is 9.74. The van der Waals surface area contributed by atoms with Crippen molar-refractivity contribution >= 4 is 5.91 Å². The summed E-state index contributed by atoms with van der Waals surface area (Å²) in [6, 6.07) is 0. The van der Waals surface area contributed by atoms with Gasteiger partial charge in [-0.05, 0) is 46.1 Å². The van der Waals surface area contributed by atoms with E-state index in [0.717, 1.165) is 49.6 Å². The minimum absolute atomic E-state index is 0.169. The maximum atomic E-state index is 12.9. The van der Waals surface area contributed by atoms with Crippen LogP contribution in [0.5, 0.6) is 0 Å². The fraction of sp³-hybridized carbons (Fsp3) is 0.750. The molecule has 2 aliphatic heterocycles. The number of rotatable bonds is 1. The molecule has 2 fully saturated rings. The Morgan fingerprint density at radius 3 is 2.67 bits per heavy atom. The molecule has 3 rings (SSSR count). The molecule has 1 atom stereocenters. The van der Waals surface area contributed by atoms with Crippen molar-refractivity contribution in [3.8, 4) is 0 Å². The maximum Gasteiger partial charge on any atom is 0.257 e. The Balaban J connectivity index is 1.81. The van der Waals surface area contributed by atoms with Gasteiger partial charge in [-0.1, -0.05) is 0 Å². The van der Waals surface area contributed by atoms with Gasteiger partial charge >= 0.3 is 0 Å². The van der Waals surface area contributed by atoms with Gasteiger partial charge in [-0.15, -0.1) is 0 Å². The first kappa shape index (κ1) is 14.6. The summed E-state index contributed by atoms with van der Waals surface area (Å²) >= 11 is 0. The minimum atomic E-state index is 0.169. The molecule has 1 aromatic heterocycles. The van der Waals surface area contributed by atoms with Crippen LogP contribution in [-0.4, -0.2) is 46.8 Å². The summed E-state index contributed by atoms with van der Waals surface area (Å²) in [6.45, 7) is 7.87. The van der Waals surface area contributed by atoms with Gasteiger partial charge in [0, 0.05) is 37.8 Å². The largest absolute Gasteiger partial charge is 0.338 e. The third kappa shape index (κ3) is 2.59. The lowest BCUT2D eigenvalue weighted by molar-refractivity contribution is 0.0432. The molecule has 0 aromatic carbocycles. The maximum absolute atomic E-state index is 12.9. The zero-order valence-electron chi connectivity index (χ0n) is 13.4. The molecule has 1 N–H and O–H groups in total. The number of likely N-dealkylation sites (tertiary alicyclic amines) is 1. The minimum Gasteiger partial charge on any atom is -0.338 e. The highest BCUT2D eigenvalue weighted by atomic mass is 16.2. The molecule has 2 saturated heterocycles. The number of aromatic nitrogens is 2.